The van der Waals surface area contributed by atoms with E-state index in [-0.39, 0.29) is 0 Å². The van der Waals surface area contributed by atoms with Gasteiger partial charge in [-0.25, -0.2) is 8.42 Å². The van der Waals surface area contributed by atoms with Gasteiger partial charge in [0.2, 0.25) is 0 Å². The molecule has 1 saturated carbocycles. The molecule has 1 aliphatic carbocycles. The van der Waals surface area contributed by atoms with Crippen molar-refractivity contribution in [3.05, 3.63) is 83.9 Å². The zero-order chi connectivity index (χ0) is 20.7. The van der Waals surface area contributed by atoms with Crippen LogP contribution in [0.4, 0.5) is 17.1 Å². The lowest BCUT2D eigenvalue weighted by Crippen LogP contribution is -2.35. The van der Waals surface area contributed by atoms with Gasteiger partial charge in [-0.15, -0.1) is 0 Å². The molecule has 2 aliphatic rings. The van der Waals surface area contributed by atoms with Crippen LogP contribution in [0.5, 0.6) is 0 Å². The van der Waals surface area contributed by atoms with E-state index in [2.05, 4.69) is 48.2 Å². The molecule has 5 heteroatoms. The highest BCUT2D eigenvalue weighted by Gasteiger charge is 2.33. The second kappa shape index (κ2) is 7.47. The van der Waals surface area contributed by atoms with Crippen molar-refractivity contribution in [2.45, 2.75) is 43.5 Å². The topological polar surface area (TPSA) is 40.6 Å². The predicted octanol–water partition coefficient (Wildman–Crippen LogP) is 5.44. The lowest BCUT2D eigenvalue weighted by atomic mass is 10.0. The highest BCUT2D eigenvalue weighted by Crippen LogP contribution is 2.42. The van der Waals surface area contributed by atoms with Gasteiger partial charge in [0.25, 0.3) is 10.0 Å². The zero-order valence-corrected chi connectivity index (χ0v) is 18.0. The molecule has 0 spiro atoms. The summed E-state index contributed by atoms with van der Waals surface area (Å²) >= 11 is 0. The third kappa shape index (κ3) is 3.37. The first-order chi connectivity index (χ1) is 14.6. The zero-order valence-electron chi connectivity index (χ0n) is 17.2. The molecule has 0 saturated heterocycles. The van der Waals surface area contributed by atoms with E-state index in [1.54, 1.807) is 28.6 Å². The van der Waals surface area contributed by atoms with Crippen LogP contribution in [0.15, 0.2) is 77.7 Å². The van der Waals surface area contributed by atoms with Gasteiger partial charge in [0.05, 0.1) is 10.6 Å². The van der Waals surface area contributed by atoms with Crippen molar-refractivity contribution in [1.29, 1.82) is 0 Å². The minimum absolute atomic E-state index is 0.349. The number of sulfonamides is 1. The maximum Gasteiger partial charge on any atom is 0.264 e. The number of nitrogens with zero attached hydrogens (tertiary/aromatic N) is 2. The van der Waals surface area contributed by atoms with Gasteiger partial charge < -0.3 is 4.90 Å². The molecule has 0 bridgehead atoms. The van der Waals surface area contributed by atoms with E-state index in [1.807, 2.05) is 12.1 Å². The number of benzene rings is 3. The summed E-state index contributed by atoms with van der Waals surface area (Å²) < 4.78 is 28.1. The van der Waals surface area contributed by atoms with Crippen LogP contribution in [-0.2, 0) is 16.4 Å². The average molecular weight is 419 g/mol. The number of hydrogen-bond donors (Lipinski definition) is 0. The molecule has 0 aromatic heterocycles. The normalized spacial score (nSPS) is 16.2. The van der Waals surface area contributed by atoms with Gasteiger partial charge in [-0.3, -0.25) is 4.31 Å². The summed E-state index contributed by atoms with van der Waals surface area (Å²) in [5, 5.41) is 0. The Morgan fingerprint density at radius 3 is 2.40 bits per heavy atom. The number of fused-ring (bicyclic) bond motifs is 1. The largest absolute Gasteiger partial charge is 0.338 e. The number of rotatable bonds is 5. The van der Waals surface area contributed by atoms with Crippen molar-refractivity contribution in [1.82, 2.24) is 0 Å². The Morgan fingerprint density at radius 1 is 0.933 bits per heavy atom. The predicted molar refractivity (Wildman–Crippen MR) is 122 cm³/mol. The molecular weight excluding hydrogens is 392 g/mol. The maximum atomic E-state index is 13.3. The molecule has 0 unspecified atom stereocenters. The second-order valence-electron chi connectivity index (χ2n) is 8.19. The number of para-hydroxylation sites is 1. The van der Waals surface area contributed by atoms with Gasteiger partial charge in [-0.05, 0) is 80.1 Å². The van der Waals surface area contributed by atoms with Crippen LogP contribution in [0.1, 0.15) is 30.4 Å². The molecule has 4 nitrogen and oxygen atoms in total. The Kier molecular flexibility index (Phi) is 4.78. The van der Waals surface area contributed by atoms with Gasteiger partial charge in [-0.1, -0.05) is 36.4 Å². The van der Waals surface area contributed by atoms with E-state index in [9.17, 15) is 8.42 Å². The quantitative estimate of drug-likeness (QED) is 0.554. The standard InChI is InChI=1S/C25H26N2O2S/c1-19-8-5-6-12-24(19)27(21-13-14-21)22-15-16-25-20(18-22)9-7-17-26(25)30(28,29)23-10-3-2-4-11-23/h2-6,8,10-12,15-16,18,21H,7,9,13-14,17H2,1H3. The molecule has 0 atom stereocenters. The fourth-order valence-electron chi connectivity index (χ4n) is 4.38. The van der Waals surface area contributed by atoms with Crippen molar-refractivity contribution < 1.29 is 8.42 Å². The summed E-state index contributed by atoms with van der Waals surface area (Å²) in [6.45, 7) is 2.67. The van der Waals surface area contributed by atoms with E-state index in [1.165, 1.54) is 24.1 Å². The van der Waals surface area contributed by atoms with Crippen molar-refractivity contribution >= 4 is 27.1 Å². The van der Waals surface area contributed by atoms with Gasteiger partial charge in [0.1, 0.15) is 0 Å². The van der Waals surface area contributed by atoms with Crippen molar-refractivity contribution in [2.75, 3.05) is 15.7 Å². The van der Waals surface area contributed by atoms with Crippen molar-refractivity contribution in [3.8, 4) is 0 Å². The minimum atomic E-state index is -3.55. The molecule has 1 aliphatic heterocycles. The minimum Gasteiger partial charge on any atom is -0.338 e. The molecule has 0 amide bonds. The van der Waals surface area contributed by atoms with Gasteiger partial charge in [-0.2, -0.15) is 0 Å². The number of hydrogen-bond acceptors (Lipinski definition) is 3. The molecule has 0 N–H and O–H groups in total. The van der Waals surface area contributed by atoms with E-state index in [0.717, 1.165) is 29.8 Å². The van der Waals surface area contributed by atoms with Crippen molar-refractivity contribution in [3.63, 3.8) is 0 Å². The smallest absolute Gasteiger partial charge is 0.264 e. The van der Waals surface area contributed by atoms with E-state index >= 15 is 0 Å². The average Bonchev–Trinajstić information content (AvgIpc) is 3.60. The SMILES string of the molecule is Cc1ccccc1N(c1ccc2c(c1)CCCN2S(=O)(=O)c1ccccc1)C1CC1. The van der Waals surface area contributed by atoms with E-state index in [0.29, 0.717) is 17.5 Å². The summed E-state index contributed by atoms with van der Waals surface area (Å²) in [5.41, 5.74) is 5.58. The molecule has 5 rings (SSSR count). The molecular formula is C25H26N2O2S. The second-order valence-corrected chi connectivity index (χ2v) is 10.1. The van der Waals surface area contributed by atoms with Crippen molar-refractivity contribution in [2.24, 2.45) is 0 Å². The third-order valence-corrected chi connectivity index (χ3v) is 7.86. The molecule has 3 aromatic carbocycles. The van der Waals surface area contributed by atoms with Gasteiger partial charge >= 0.3 is 0 Å². The van der Waals surface area contributed by atoms with Gasteiger partial charge in [0, 0.05) is 24.0 Å². The molecule has 3 aromatic rings. The van der Waals surface area contributed by atoms with Crippen LogP contribution >= 0.6 is 0 Å². The third-order valence-electron chi connectivity index (χ3n) is 6.04. The van der Waals surface area contributed by atoms with Crippen LogP contribution in [0, 0.1) is 6.92 Å². The lowest BCUT2D eigenvalue weighted by Gasteiger charge is -2.33. The number of anilines is 3. The fraction of sp³-hybridized carbons (Fsp3) is 0.280. The van der Waals surface area contributed by atoms with Crippen LogP contribution in [-0.4, -0.2) is 21.0 Å². The highest BCUT2D eigenvalue weighted by atomic mass is 32.2. The van der Waals surface area contributed by atoms with E-state index in [4.69, 9.17) is 0 Å². The lowest BCUT2D eigenvalue weighted by molar-refractivity contribution is 0.586. The fourth-order valence-corrected chi connectivity index (χ4v) is 5.94. The molecule has 1 heterocycles. The number of aryl methyl sites for hydroxylation is 2. The first-order valence-corrected chi connectivity index (χ1v) is 12.1. The first-order valence-electron chi connectivity index (χ1n) is 10.6. The first kappa shape index (κ1) is 19.2. The summed E-state index contributed by atoms with van der Waals surface area (Å²) in [5.74, 6) is 0. The Balaban J connectivity index is 1.55. The van der Waals surface area contributed by atoms with Gasteiger partial charge in [0.15, 0.2) is 0 Å². The molecule has 30 heavy (non-hydrogen) atoms. The van der Waals surface area contributed by atoms with E-state index < -0.39 is 10.0 Å². The Labute approximate surface area is 178 Å². The van der Waals surface area contributed by atoms with Crippen LogP contribution in [0.2, 0.25) is 0 Å². The molecule has 1 fully saturated rings. The maximum absolute atomic E-state index is 13.3. The Bertz CT molecular complexity index is 1170. The summed E-state index contributed by atoms with van der Waals surface area (Å²) in [7, 11) is -3.55. The highest BCUT2D eigenvalue weighted by molar-refractivity contribution is 7.92. The Hall–Kier alpha value is -2.79. The molecule has 0 radical (unpaired) electrons. The van der Waals surface area contributed by atoms with Crippen LogP contribution in [0.3, 0.4) is 0 Å². The summed E-state index contributed by atoms with van der Waals surface area (Å²) in [6, 6.07) is 24.0. The van der Waals surface area contributed by atoms with Crippen LogP contribution < -0.4 is 9.21 Å². The monoisotopic (exact) mass is 418 g/mol. The Morgan fingerprint density at radius 2 is 1.67 bits per heavy atom. The summed E-state index contributed by atoms with van der Waals surface area (Å²) in [6.07, 6.45) is 4.12. The summed E-state index contributed by atoms with van der Waals surface area (Å²) in [4.78, 5) is 2.78. The molecule has 154 valence electrons. The van der Waals surface area contributed by atoms with Crippen LogP contribution in [0.25, 0.3) is 0 Å².